The van der Waals surface area contributed by atoms with Crippen LogP contribution in [0.25, 0.3) is 0 Å². The molecule has 0 aliphatic carbocycles. The van der Waals surface area contributed by atoms with Gasteiger partial charge in [-0.3, -0.25) is 4.79 Å². The zero-order valence-electron chi connectivity index (χ0n) is 11.2. The maximum Gasteiger partial charge on any atom is 0.268 e. The Hall–Kier alpha value is -1.15. The van der Waals surface area contributed by atoms with Crippen molar-refractivity contribution in [2.45, 2.75) is 44.2 Å². The van der Waals surface area contributed by atoms with Crippen LogP contribution >= 0.6 is 10.7 Å². The van der Waals surface area contributed by atoms with Gasteiger partial charge in [0.2, 0.25) is 0 Å². The lowest BCUT2D eigenvalue weighted by molar-refractivity contribution is 0.0897. The van der Waals surface area contributed by atoms with Crippen molar-refractivity contribution in [1.82, 2.24) is 9.88 Å². The lowest BCUT2D eigenvalue weighted by atomic mass is 10.1. The molecule has 9 heteroatoms. The van der Waals surface area contributed by atoms with Gasteiger partial charge in [-0.2, -0.15) is 0 Å². The zero-order valence-corrected chi connectivity index (χ0v) is 12.7. The fourth-order valence-electron chi connectivity index (χ4n) is 1.51. The number of rotatable bonds is 4. The standard InChI is InChI=1S/C11H15ClF2N2O3S/c1-11(2,3)15-10(17)8-4-7(20(12,18)19)5-16(8)6-9(13)14/h4-5,9H,6H2,1-3H3,(H,15,17). The molecule has 1 heterocycles. The number of halogens is 3. The minimum atomic E-state index is -4.09. The Labute approximate surface area is 120 Å². The number of amides is 1. The average molecular weight is 329 g/mol. The molecule has 0 bridgehead atoms. The van der Waals surface area contributed by atoms with Gasteiger partial charge in [0.15, 0.2) is 0 Å². The Morgan fingerprint density at radius 2 is 2.00 bits per heavy atom. The molecule has 114 valence electrons. The van der Waals surface area contributed by atoms with Gasteiger partial charge in [-0.05, 0) is 26.8 Å². The third-order valence-electron chi connectivity index (χ3n) is 2.21. The number of hydrogen-bond acceptors (Lipinski definition) is 3. The number of alkyl halides is 2. The van der Waals surface area contributed by atoms with Crippen molar-refractivity contribution < 1.29 is 22.0 Å². The number of carbonyl (C=O) groups is 1. The van der Waals surface area contributed by atoms with E-state index in [4.69, 9.17) is 10.7 Å². The van der Waals surface area contributed by atoms with Crippen LogP contribution in [0.5, 0.6) is 0 Å². The van der Waals surface area contributed by atoms with Crippen LogP contribution < -0.4 is 5.32 Å². The second-order valence-corrected chi connectivity index (χ2v) is 7.81. The Kier molecular flexibility index (Phi) is 4.81. The molecule has 0 spiro atoms. The van der Waals surface area contributed by atoms with Gasteiger partial charge in [-0.15, -0.1) is 0 Å². The van der Waals surface area contributed by atoms with Crippen molar-refractivity contribution in [3.8, 4) is 0 Å². The molecule has 0 fully saturated rings. The molecule has 20 heavy (non-hydrogen) atoms. The highest BCUT2D eigenvalue weighted by Gasteiger charge is 2.24. The molecular formula is C11H15ClF2N2O3S. The van der Waals surface area contributed by atoms with Gasteiger partial charge in [-0.25, -0.2) is 17.2 Å². The summed E-state index contributed by atoms with van der Waals surface area (Å²) in [7, 11) is 1.07. The third kappa shape index (κ3) is 4.75. The SMILES string of the molecule is CC(C)(C)NC(=O)c1cc(S(=O)(=O)Cl)cn1CC(F)F. The van der Waals surface area contributed by atoms with E-state index in [9.17, 15) is 22.0 Å². The molecular weight excluding hydrogens is 314 g/mol. The van der Waals surface area contributed by atoms with Crippen molar-refractivity contribution in [3.05, 3.63) is 18.0 Å². The van der Waals surface area contributed by atoms with E-state index >= 15 is 0 Å². The van der Waals surface area contributed by atoms with Gasteiger partial charge in [0.1, 0.15) is 10.6 Å². The first kappa shape index (κ1) is 16.9. The smallest absolute Gasteiger partial charge is 0.268 e. The summed E-state index contributed by atoms with van der Waals surface area (Å²) in [5.74, 6) is -0.648. The molecule has 1 rings (SSSR count). The summed E-state index contributed by atoms with van der Waals surface area (Å²) in [5, 5.41) is 2.57. The topological polar surface area (TPSA) is 68.2 Å². The van der Waals surface area contributed by atoms with Crippen LogP contribution in [0.15, 0.2) is 17.2 Å². The van der Waals surface area contributed by atoms with Gasteiger partial charge >= 0.3 is 0 Å². The highest BCUT2D eigenvalue weighted by Crippen LogP contribution is 2.20. The van der Waals surface area contributed by atoms with Gasteiger partial charge in [0.25, 0.3) is 21.4 Å². The highest BCUT2D eigenvalue weighted by molar-refractivity contribution is 8.13. The number of nitrogens with one attached hydrogen (secondary N) is 1. The van der Waals surface area contributed by atoms with Crippen LogP contribution in [0.3, 0.4) is 0 Å². The van der Waals surface area contributed by atoms with Crippen molar-refractivity contribution in [2.75, 3.05) is 0 Å². The number of aromatic nitrogens is 1. The van der Waals surface area contributed by atoms with E-state index in [2.05, 4.69) is 5.32 Å². The molecule has 0 aliphatic heterocycles. The predicted octanol–water partition coefficient (Wildman–Crippen LogP) is 2.21. The Balaban J connectivity index is 3.22. The summed E-state index contributed by atoms with van der Waals surface area (Å²) < 4.78 is 48.3. The third-order valence-corrected chi connectivity index (χ3v) is 3.53. The van der Waals surface area contributed by atoms with E-state index in [1.807, 2.05) is 0 Å². The molecule has 0 saturated heterocycles. The molecule has 5 nitrogen and oxygen atoms in total. The van der Waals surface area contributed by atoms with Crippen molar-refractivity contribution in [3.63, 3.8) is 0 Å². The molecule has 0 aliphatic rings. The van der Waals surface area contributed by atoms with Gasteiger partial charge in [0.05, 0.1) is 6.54 Å². The van der Waals surface area contributed by atoms with Gasteiger partial charge in [0, 0.05) is 22.4 Å². The zero-order chi connectivity index (χ0) is 15.7. The van der Waals surface area contributed by atoms with E-state index in [-0.39, 0.29) is 10.6 Å². The maximum atomic E-state index is 12.5. The summed E-state index contributed by atoms with van der Waals surface area (Å²) in [5.41, 5.74) is -0.767. The number of hydrogen-bond donors (Lipinski definition) is 1. The molecule has 0 atom stereocenters. The normalized spacial score (nSPS) is 12.8. The van der Waals surface area contributed by atoms with E-state index in [1.165, 1.54) is 0 Å². The van der Waals surface area contributed by atoms with Crippen molar-refractivity contribution >= 4 is 25.6 Å². The Bertz CT molecular complexity index is 606. The molecule has 0 unspecified atom stereocenters. The largest absolute Gasteiger partial charge is 0.346 e. The molecule has 1 amide bonds. The monoisotopic (exact) mass is 328 g/mol. The van der Waals surface area contributed by atoms with Crippen LogP contribution in [-0.2, 0) is 15.6 Å². The fourth-order valence-corrected chi connectivity index (χ4v) is 2.27. The molecule has 0 aromatic carbocycles. The summed E-state index contributed by atoms with van der Waals surface area (Å²) in [4.78, 5) is 11.6. The van der Waals surface area contributed by atoms with Crippen molar-refractivity contribution in [1.29, 1.82) is 0 Å². The first-order chi connectivity index (χ1) is 8.90. The minimum absolute atomic E-state index is 0.181. The second-order valence-electron chi connectivity index (χ2n) is 5.25. The van der Waals surface area contributed by atoms with Crippen LogP contribution in [0.1, 0.15) is 31.3 Å². The van der Waals surface area contributed by atoms with E-state index < -0.39 is 33.5 Å². The summed E-state index contributed by atoms with van der Waals surface area (Å²) in [6.07, 6.45) is -1.80. The average Bonchev–Trinajstić information content (AvgIpc) is 2.57. The van der Waals surface area contributed by atoms with Gasteiger partial charge < -0.3 is 9.88 Å². The first-order valence-electron chi connectivity index (χ1n) is 5.65. The highest BCUT2D eigenvalue weighted by atomic mass is 35.7. The minimum Gasteiger partial charge on any atom is -0.346 e. The number of carbonyl (C=O) groups excluding carboxylic acids is 1. The molecule has 1 N–H and O–H groups in total. The predicted molar refractivity (Wildman–Crippen MR) is 70.7 cm³/mol. The Morgan fingerprint density at radius 3 is 2.40 bits per heavy atom. The van der Waals surface area contributed by atoms with Crippen LogP contribution in [0.4, 0.5) is 8.78 Å². The second kappa shape index (κ2) is 5.69. The van der Waals surface area contributed by atoms with Crippen LogP contribution in [0.2, 0.25) is 0 Å². The van der Waals surface area contributed by atoms with E-state index in [0.717, 1.165) is 16.8 Å². The molecule has 0 radical (unpaired) electrons. The lowest BCUT2D eigenvalue weighted by Crippen LogP contribution is -2.41. The number of nitrogens with zero attached hydrogens (tertiary/aromatic N) is 1. The molecule has 1 aromatic rings. The molecule has 1 aromatic heterocycles. The van der Waals surface area contributed by atoms with E-state index in [1.54, 1.807) is 20.8 Å². The summed E-state index contributed by atoms with van der Waals surface area (Å²) >= 11 is 0. The fraction of sp³-hybridized carbons (Fsp3) is 0.545. The van der Waals surface area contributed by atoms with E-state index in [0.29, 0.717) is 0 Å². The maximum absolute atomic E-state index is 12.5. The van der Waals surface area contributed by atoms with Crippen LogP contribution in [0, 0.1) is 0 Å². The quantitative estimate of drug-likeness (QED) is 0.862. The molecule has 0 saturated carbocycles. The van der Waals surface area contributed by atoms with Crippen molar-refractivity contribution in [2.24, 2.45) is 0 Å². The van der Waals surface area contributed by atoms with Crippen LogP contribution in [-0.4, -0.2) is 30.9 Å². The van der Waals surface area contributed by atoms with Gasteiger partial charge in [-0.1, -0.05) is 0 Å². The Morgan fingerprint density at radius 1 is 1.45 bits per heavy atom. The summed E-state index contributed by atoms with van der Waals surface area (Å²) in [6, 6.07) is 0.978. The first-order valence-corrected chi connectivity index (χ1v) is 7.96. The summed E-state index contributed by atoms with van der Waals surface area (Å²) in [6.45, 7) is 4.35. The lowest BCUT2D eigenvalue weighted by Gasteiger charge is -2.21.